The molecule has 0 aromatic carbocycles. The number of rotatable bonds is 6. The Labute approximate surface area is 112 Å². The molecule has 1 aliphatic rings. The number of aliphatic hydroxyl groups is 1. The Morgan fingerprint density at radius 3 is 2.94 bits per heavy atom. The number of hydrogen-bond donors (Lipinski definition) is 2. The van der Waals surface area contributed by atoms with Crippen LogP contribution in [0.1, 0.15) is 55.9 Å². The van der Waals surface area contributed by atoms with Crippen molar-refractivity contribution in [2.75, 3.05) is 0 Å². The number of thiophene rings is 1. The average Bonchev–Trinajstić information content (AvgIpc) is 3.00. The van der Waals surface area contributed by atoms with Crippen molar-refractivity contribution in [1.82, 2.24) is 5.32 Å². The number of nitrogens with one attached hydrogen (secondary N) is 1. The number of carbonyl (C=O) groups excluding carboxylic acids is 1. The number of amides is 1. The van der Waals surface area contributed by atoms with E-state index in [4.69, 9.17) is 0 Å². The Hall–Kier alpha value is -0.870. The van der Waals surface area contributed by atoms with Crippen molar-refractivity contribution in [3.05, 3.63) is 22.4 Å². The maximum absolute atomic E-state index is 11.7. The van der Waals surface area contributed by atoms with Crippen molar-refractivity contribution < 1.29 is 9.90 Å². The summed E-state index contributed by atoms with van der Waals surface area (Å²) < 4.78 is 0. The van der Waals surface area contributed by atoms with Crippen molar-refractivity contribution in [2.24, 2.45) is 0 Å². The molecule has 1 heterocycles. The average molecular weight is 267 g/mol. The van der Waals surface area contributed by atoms with Gasteiger partial charge in [-0.25, -0.2) is 0 Å². The van der Waals surface area contributed by atoms with Crippen LogP contribution in [0, 0.1) is 0 Å². The summed E-state index contributed by atoms with van der Waals surface area (Å²) in [5.41, 5.74) is 0. The highest BCUT2D eigenvalue weighted by Crippen LogP contribution is 2.23. The van der Waals surface area contributed by atoms with Gasteiger partial charge in [-0.15, -0.1) is 11.3 Å². The third kappa shape index (κ3) is 4.10. The van der Waals surface area contributed by atoms with E-state index in [0.717, 1.165) is 24.1 Å². The van der Waals surface area contributed by atoms with E-state index in [1.807, 2.05) is 17.5 Å². The molecule has 0 spiro atoms. The Morgan fingerprint density at radius 2 is 2.28 bits per heavy atom. The van der Waals surface area contributed by atoms with E-state index in [0.29, 0.717) is 18.9 Å². The summed E-state index contributed by atoms with van der Waals surface area (Å²) >= 11 is 1.57. The van der Waals surface area contributed by atoms with Gasteiger partial charge in [-0.2, -0.15) is 0 Å². The normalized spacial score (nSPS) is 17.8. The van der Waals surface area contributed by atoms with Crippen molar-refractivity contribution in [3.63, 3.8) is 0 Å². The molecular formula is C14H21NO2S. The van der Waals surface area contributed by atoms with Crippen LogP contribution in [0.25, 0.3) is 0 Å². The maximum Gasteiger partial charge on any atom is 0.220 e. The first-order valence-electron chi connectivity index (χ1n) is 6.76. The summed E-state index contributed by atoms with van der Waals surface area (Å²) in [7, 11) is 0. The van der Waals surface area contributed by atoms with E-state index in [-0.39, 0.29) is 5.91 Å². The molecule has 0 saturated heterocycles. The van der Waals surface area contributed by atoms with Gasteiger partial charge in [-0.05, 0) is 37.1 Å². The number of hydrogen-bond acceptors (Lipinski definition) is 3. The molecule has 3 nitrogen and oxygen atoms in total. The molecule has 1 aromatic heterocycles. The molecule has 2 N–H and O–H groups in total. The highest BCUT2D eigenvalue weighted by atomic mass is 32.1. The second-order valence-corrected chi connectivity index (χ2v) is 5.95. The lowest BCUT2D eigenvalue weighted by Gasteiger charge is -2.12. The number of aliphatic hydroxyl groups excluding tert-OH is 1. The highest BCUT2D eigenvalue weighted by Gasteiger charge is 2.17. The van der Waals surface area contributed by atoms with Gasteiger partial charge < -0.3 is 10.4 Å². The Bertz CT molecular complexity index is 358. The zero-order chi connectivity index (χ0) is 12.8. The first-order valence-corrected chi connectivity index (χ1v) is 7.64. The largest absolute Gasteiger partial charge is 0.388 e. The van der Waals surface area contributed by atoms with Gasteiger partial charge in [0.25, 0.3) is 0 Å². The monoisotopic (exact) mass is 267 g/mol. The summed E-state index contributed by atoms with van der Waals surface area (Å²) in [5, 5.41) is 14.9. The van der Waals surface area contributed by atoms with Crippen molar-refractivity contribution in [1.29, 1.82) is 0 Å². The van der Waals surface area contributed by atoms with Gasteiger partial charge >= 0.3 is 0 Å². The van der Waals surface area contributed by atoms with Gasteiger partial charge in [0.05, 0.1) is 6.10 Å². The van der Waals surface area contributed by atoms with Gasteiger partial charge in [0, 0.05) is 17.3 Å². The zero-order valence-corrected chi connectivity index (χ0v) is 11.4. The van der Waals surface area contributed by atoms with E-state index >= 15 is 0 Å². The minimum Gasteiger partial charge on any atom is -0.388 e. The fourth-order valence-electron chi connectivity index (χ4n) is 2.45. The molecule has 1 saturated carbocycles. The number of carbonyl (C=O) groups is 1. The van der Waals surface area contributed by atoms with Gasteiger partial charge in [0.2, 0.25) is 5.91 Å². The predicted octanol–water partition coefficient (Wildman–Crippen LogP) is 3.01. The molecule has 1 aromatic rings. The quantitative estimate of drug-likeness (QED) is 0.832. The van der Waals surface area contributed by atoms with E-state index < -0.39 is 6.10 Å². The van der Waals surface area contributed by atoms with Gasteiger partial charge in [-0.3, -0.25) is 4.79 Å². The molecule has 0 bridgehead atoms. The molecule has 0 radical (unpaired) electrons. The second kappa shape index (κ2) is 6.90. The molecule has 1 amide bonds. The molecular weight excluding hydrogens is 246 g/mol. The van der Waals surface area contributed by atoms with Gasteiger partial charge in [0.15, 0.2) is 0 Å². The van der Waals surface area contributed by atoms with Crippen molar-refractivity contribution in [3.8, 4) is 0 Å². The summed E-state index contributed by atoms with van der Waals surface area (Å²) in [6.07, 6.45) is 6.26. The lowest BCUT2D eigenvalue weighted by molar-refractivity contribution is -0.121. The second-order valence-electron chi connectivity index (χ2n) is 4.97. The van der Waals surface area contributed by atoms with Crippen LogP contribution in [0.3, 0.4) is 0 Å². The molecule has 1 fully saturated rings. The van der Waals surface area contributed by atoms with Crippen LogP contribution in [0.5, 0.6) is 0 Å². The minimum absolute atomic E-state index is 0.139. The Balaban J connectivity index is 1.61. The lowest BCUT2D eigenvalue weighted by Crippen LogP contribution is -2.32. The SMILES string of the molecule is O=C(CCCC(O)c1cccs1)NC1CCCC1. The predicted molar refractivity (Wildman–Crippen MR) is 73.5 cm³/mol. The molecule has 100 valence electrons. The van der Waals surface area contributed by atoms with E-state index in [1.165, 1.54) is 12.8 Å². The van der Waals surface area contributed by atoms with Crippen LogP contribution in [-0.4, -0.2) is 17.1 Å². The molecule has 2 rings (SSSR count). The fraction of sp³-hybridized carbons (Fsp3) is 0.643. The molecule has 1 aliphatic carbocycles. The van der Waals surface area contributed by atoms with Crippen molar-refractivity contribution >= 4 is 17.2 Å². The topological polar surface area (TPSA) is 49.3 Å². The van der Waals surface area contributed by atoms with Gasteiger partial charge in [-0.1, -0.05) is 18.9 Å². The fourth-order valence-corrected chi connectivity index (χ4v) is 3.20. The minimum atomic E-state index is -0.413. The van der Waals surface area contributed by atoms with E-state index in [2.05, 4.69) is 5.32 Å². The summed E-state index contributed by atoms with van der Waals surface area (Å²) in [6.45, 7) is 0. The third-order valence-corrected chi connectivity index (χ3v) is 4.45. The Morgan fingerprint density at radius 1 is 1.50 bits per heavy atom. The Kier molecular flexibility index (Phi) is 5.20. The van der Waals surface area contributed by atoms with Crippen LogP contribution in [0.4, 0.5) is 0 Å². The molecule has 1 unspecified atom stereocenters. The van der Waals surface area contributed by atoms with Crippen LogP contribution in [0.2, 0.25) is 0 Å². The standard InChI is InChI=1S/C14H21NO2S/c16-12(13-8-4-10-18-13)7-3-9-14(17)15-11-5-1-2-6-11/h4,8,10-12,16H,1-3,5-7,9H2,(H,15,17). The molecule has 18 heavy (non-hydrogen) atoms. The molecule has 1 atom stereocenters. The third-order valence-electron chi connectivity index (χ3n) is 3.47. The summed E-state index contributed by atoms with van der Waals surface area (Å²) in [5.74, 6) is 0.139. The van der Waals surface area contributed by atoms with Crippen LogP contribution in [0.15, 0.2) is 17.5 Å². The first-order chi connectivity index (χ1) is 8.75. The van der Waals surface area contributed by atoms with E-state index in [1.54, 1.807) is 11.3 Å². The van der Waals surface area contributed by atoms with Crippen molar-refractivity contribution in [2.45, 2.75) is 57.1 Å². The van der Waals surface area contributed by atoms with Gasteiger partial charge in [0.1, 0.15) is 0 Å². The van der Waals surface area contributed by atoms with Crippen LogP contribution in [-0.2, 0) is 4.79 Å². The highest BCUT2D eigenvalue weighted by molar-refractivity contribution is 7.10. The molecule has 0 aliphatic heterocycles. The maximum atomic E-state index is 11.7. The molecule has 4 heteroatoms. The van der Waals surface area contributed by atoms with Crippen LogP contribution < -0.4 is 5.32 Å². The van der Waals surface area contributed by atoms with Crippen LogP contribution >= 0.6 is 11.3 Å². The zero-order valence-electron chi connectivity index (χ0n) is 10.6. The first kappa shape index (κ1) is 13.6. The lowest BCUT2D eigenvalue weighted by atomic mass is 10.1. The smallest absolute Gasteiger partial charge is 0.220 e. The summed E-state index contributed by atoms with van der Waals surface area (Å²) in [4.78, 5) is 12.7. The summed E-state index contributed by atoms with van der Waals surface area (Å²) in [6, 6.07) is 4.28. The van der Waals surface area contributed by atoms with E-state index in [9.17, 15) is 9.90 Å².